The number of halogens is 1. The largest absolute Gasteiger partial charge is 0.493 e. The number of amides is 1. The molecule has 1 saturated heterocycles. The quantitative estimate of drug-likeness (QED) is 0.698. The number of ether oxygens (including phenoxy) is 1. The lowest BCUT2D eigenvalue weighted by Crippen LogP contribution is -2.50. The number of nitrogens with zero attached hydrogens (tertiary/aromatic N) is 2. The standard InChI is InChI=1S/C19H21BrN2O4S/c1-2-26-18-9-4-3-8-17(18)19(23)21-10-12-22(13-11-21)27(24,25)16-7-5-6-15(20)14-16/h3-9,14H,2,10-13H2,1H3. The summed E-state index contributed by atoms with van der Waals surface area (Å²) in [5.74, 6) is 0.410. The molecule has 27 heavy (non-hydrogen) atoms. The lowest BCUT2D eigenvalue weighted by atomic mass is 10.1. The Bertz CT molecular complexity index is 925. The number of rotatable bonds is 5. The van der Waals surface area contributed by atoms with Crippen molar-refractivity contribution >= 4 is 31.9 Å². The third-order valence-corrected chi connectivity index (χ3v) is 6.76. The number of carbonyl (C=O) groups is 1. The third kappa shape index (κ3) is 4.34. The molecule has 1 heterocycles. The first-order valence-electron chi connectivity index (χ1n) is 8.70. The van der Waals surface area contributed by atoms with Gasteiger partial charge < -0.3 is 9.64 Å². The van der Waals surface area contributed by atoms with Crippen LogP contribution in [-0.4, -0.2) is 56.3 Å². The molecule has 0 unspecified atom stereocenters. The maximum absolute atomic E-state index is 12.8. The molecule has 0 saturated carbocycles. The Hall–Kier alpha value is -1.90. The Balaban J connectivity index is 1.71. The Kier molecular flexibility index (Phi) is 6.18. The summed E-state index contributed by atoms with van der Waals surface area (Å²) in [4.78, 5) is 14.8. The topological polar surface area (TPSA) is 66.9 Å². The van der Waals surface area contributed by atoms with Crippen LogP contribution in [0.1, 0.15) is 17.3 Å². The molecule has 0 spiro atoms. The van der Waals surface area contributed by atoms with E-state index < -0.39 is 10.0 Å². The Labute approximate surface area is 167 Å². The van der Waals surface area contributed by atoms with Gasteiger partial charge in [-0.05, 0) is 37.3 Å². The number of sulfonamides is 1. The number of benzene rings is 2. The van der Waals surface area contributed by atoms with Crippen LogP contribution in [0.2, 0.25) is 0 Å². The zero-order chi connectivity index (χ0) is 19.4. The van der Waals surface area contributed by atoms with Gasteiger partial charge in [0.2, 0.25) is 10.0 Å². The van der Waals surface area contributed by atoms with E-state index in [9.17, 15) is 13.2 Å². The van der Waals surface area contributed by atoms with Crippen molar-refractivity contribution in [1.29, 1.82) is 0 Å². The van der Waals surface area contributed by atoms with Gasteiger partial charge in [-0.25, -0.2) is 8.42 Å². The number of hydrogen-bond acceptors (Lipinski definition) is 4. The van der Waals surface area contributed by atoms with Gasteiger partial charge >= 0.3 is 0 Å². The van der Waals surface area contributed by atoms with Crippen molar-refractivity contribution in [2.45, 2.75) is 11.8 Å². The molecule has 0 N–H and O–H groups in total. The lowest BCUT2D eigenvalue weighted by molar-refractivity contribution is 0.0693. The molecular formula is C19H21BrN2O4S. The minimum Gasteiger partial charge on any atom is -0.493 e. The maximum Gasteiger partial charge on any atom is 0.257 e. The van der Waals surface area contributed by atoms with E-state index in [4.69, 9.17) is 4.74 Å². The van der Waals surface area contributed by atoms with E-state index in [-0.39, 0.29) is 23.9 Å². The second-order valence-corrected chi connectivity index (χ2v) is 8.94. The van der Waals surface area contributed by atoms with E-state index in [2.05, 4.69) is 15.9 Å². The second kappa shape index (κ2) is 8.41. The second-order valence-electron chi connectivity index (χ2n) is 6.08. The molecule has 2 aromatic carbocycles. The van der Waals surface area contributed by atoms with E-state index in [0.717, 1.165) is 0 Å². The summed E-state index contributed by atoms with van der Waals surface area (Å²) in [6.07, 6.45) is 0. The molecule has 1 amide bonds. The molecule has 2 aromatic rings. The Morgan fingerprint density at radius 1 is 1.07 bits per heavy atom. The van der Waals surface area contributed by atoms with Crippen molar-refractivity contribution < 1.29 is 17.9 Å². The average molecular weight is 453 g/mol. The lowest BCUT2D eigenvalue weighted by Gasteiger charge is -2.34. The van der Waals surface area contributed by atoms with Crippen LogP contribution >= 0.6 is 15.9 Å². The molecule has 144 valence electrons. The number of para-hydroxylation sites is 1. The highest BCUT2D eigenvalue weighted by Crippen LogP contribution is 2.23. The SMILES string of the molecule is CCOc1ccccc1C(=O)N1CCN(S(=O)(=O)c2cccc(Br)c2)CC1. The fourth-order valence-corrected chi connectivity index (χ4v) is 5.02. The molecule has 0 aromatic heterocycles. The molecule has 8 heteroatoms. The minimum atomic E-state index is -3.57. The van der Waals surface area contributed by atoms with E-state index in [1.54, 1.807) is 47.4 Å². The molecule has 0 aliphatic carbocycles. The van der Waals surface area contributed by atoms with Crippen LogP contribution in [0.25, 0.3) is 0 Å². The van der Waals surface area contributed by atoms with Crippen LogP contribution in [0.5, 0.6) is 5.75 Å². The van der Waals surface area contributed by atoms with Crippen molar-refractivity contribution in [3.63, 3.8) is 0 Å². The zero-order valence-electron chi connectivity index (χ0n) is 15.0. The van der Waals surface area contributed by atoms with Crippen LogP contribution in [0.3, 0.4) is 0 Å². The highest BCUT2D eigenvalue weighted by atomic mass is 79.9. The fourth-order valence-electron chi connectivity index (χ4n) is 3.00. The summed E-state index contributed by atoms with van der Waals surface area (Å²) in [7, 11) is -3.57. The van der Waals surface area contributed by atoms with E-state index in [1.807, 2.05) is 13.0 Å². The summed E-state index contributed by atoms with van der Waals surface area (Å²) in [5.41, 5.74) is 0.502. The highest BCUT2D eigenvalue weighted by molar-refractivity contribution is 9.10. The molecular weight excluding hydrogens is 432 g/mol. The van der Waals surface area contributed by atoms with Crippen molar-refractivity contribution in [3.8, 4) is 5.75 Å². The van der Waals surface area contributed by atoms with Gasteiger partial charge in [0.1, 0.15) is 5.75 Å². The first-order valence-corrected chi connectivity index (χ1v) is 10.9. The molecule has 0 atom stereocenters. The van der Waals surface area contributed by atoms with Crippen molar-refractivity contribution in [1.82, 2.24) is 9.21 Å². The van der Waals surface area contributed by atoms with Crippen molar-refractivity contribution in [2.75, 3.05) is 32.8 Å². The maximum atomic E-state index is 12.8. The molecule has 1 fully saturated rings. The van der Waals surface area contributed by atoms with Crippen molar-refractivity contribution in [3.05, 3.63) is 58.6 Å². The van der Waals surface area contributed by atoms with Crippen LogP contribution < -0.4 is 4.74 Å². The smallest absolute Gasteiger partial charge is 0.257 e. The number of carbonyl (C=O) groups excluding carboxylic acids is 1. The normalized spacial score (nSPS) is 15.6. The van der Waals surface area contributed by atoms with E-state index in [1.165, 1.54) is 4.31 Å². The van der Waals surface area contributed by atoms with Gasteiger partial charge in [-0.15, -0.1) is 0 Å². The van der Waals surface area contributed by atoms with Gasteiger partial charge in [0, 0.05) is 30.7 Å². The molecule has 0 bridgehead atoms. The summed E-state index contributed by atoms with van der Waals surface area (Å²) in [6, 6.07) is 13.8. The van der Waals surface area contributed by atoms with Crippen LogP contribution in [0.15, 0.2) is 57.9 Å². The average Bonchev–Trinajstić information content (AvgIpc) is 2.68. The van der Waals surface area contributed by atoms with Gasteiger partial charge in [-0.1, -0.05) is 34.1 Å². The van der Waals surface area contributed by atoms with E-state index in [0.29, 0.717) is 35.5 Å². The van der Waals surface area contributed by atoms with Gasteiger partial charge in [0.15, 0.2) is 0 Å². The van der Waals surface area contributed by atoms with Gasteiger partial charge in [0.05, 0.1) is 17.1 Å². The molecule has 6 nitrogen and oxygen atoms in total. The van der Waals surface area contributed by atoms with Gasteiger partial charge in [-0.2, -0.15) is 4.31 Å². The first kappa shape index (κ1) is 19.9. The number of hydrogen-bond donors (Lipinski definition) is 0. The van der Waals surface area contributed by atoms with Crippen LogP contribution in [0, 0.1) is 0 Å². The summed E-state index contributed by atoms with van der Waals surface area (Å²) < 4.78 is 33.3. The van der Waals surface area contributed by atoms with Crippen LogP contribution in [-0.2, 0) is 10.0 Å². The minimum absolute atomic E-state index is 0.140. The predicted molar refractivity (Wildman–Crippen MR) is 106 cm³/mol. The van der Waals surface area contributed by atoms with Gasteiger partial charge in [0.25, 0.3) is 5.91 Å². The van der Waals surface area contributed by atoms with E-state index >= 15 is 0 Å². The van der Waals surface area contributed by atoms with Crippen LogP contribution in [0.4, 0.5) is 0 Å². The summed E-state index contributed by atoms with van der Waals surface area (Å²) in [6.45, 7) is 3.55. The summed E-state index contributed by atoms with van der Waals surface area (Å²) in [5, 5.41) is 0. The van der Waals surface area contributed by atoms with Gasteiger partial charge in [-0.3, -0.25) is 4.79 Å². The molecule has 1 aliphatic rings. The predicted octanol–water partition coefficient (Wildman–Crippen LogP) is 2.99. The Morgan fingerprint density at radius 3 is 2.44 bits per heavy atom. The highest BCUT2D eigenvalue weighted by Gasteiger charge is 2.31. The monoisotopic (exact) mass is 452 g/mol. The first-order chi connectivity index (χ1) is 12.9. The fraction of sp³-hybridized carbons (Fsp3) is 0.316. The summed E-state index contributed by atoms with van der Waals surface area (Å²) >= 11 is 3.30. The van der Waals surface area contributed by atoms with Crippen molar-refractivity contribution in [2.24, 2.45) is 0 Å². The third-order valence-electron chi connectivity index (χ3n) is 4.38. The molecule has 3 rings (SSSR count). The Morgan fingerprint density at radius 2 is 1.78 bits per heavy atom. The zero-order valence-corrected chi connectivity index (χ0v) is 17.4. The number of piperazine rings is 1. The molecule has 1 aliphatic heterocycles. The molecule has 0 radical (unpaired) electrons.